The number of halogens is 1. The van der Waals surface area contributed by atoms with Crippen molar-refractivity contribution in [2.75, 3.05) is 36.8 Å². The number of anilines is 2. The van der Waals surface area contributed by atoms with Gasteiger partial charge in [0.2, 0.25) is 0 Å². The third-order valence-corrected chi connectivity index (χ3v) is 3.92. The molecular formula is C13H15FN4O3. The average Bonchev–Trinajstić information content (AvgIpc) is 2.79. The molecule has 112 valence electrons. The molecule has 21 heavy (non-hydrogen) atoms. The van der Waals surface area contributed by atoms with Gasteiger partial charge in [0.1, 0.15) is 5.82 Å². The molecule has 2 heterocycles. The number of carboxylic acids is 1. The number of nitrogens with one attached hydrogen (secondary N) is 1. The molecule has 3 rings (SSSR count). The highest BCUT2D eigenvalue weighted by Gasteiger charge is 2.36. The lowest BCUT2D eigenvalue weighted by Gasteiger charge is -2.38. The zero-order valence-corrected chi connectivity index (χ0v) is 11.2. The van der Waals surface area contributed by atoms with Gasteiger partial charge in [-0.25, -0.2) is 14.0 Å². The number of aromatic carboxylic acids is 1. The Balaban J connectivity index is 1.89. The largest absolute Gasteiger partial charge is 0.478 e. The summed E-state index contributed by atoms with van der Waals surface area (Å²) in [5, 5.41) is 11.8. The maximum atomic E-state index is 14.1. The molecule has 0 aliphatic carbocycles. The van der Waals surface area contributed by atoms with E-state index in [1.165, 1.54) is 6.07 Å². The fourth-order valence-corrected chi connectivity index (χ4v) is 2.83. The number of carbonyl (C=O) groups excluding carboxylic acids is 1. The van der Waals surface area contributed by atoms with Gasteiger partial charge in [0.05, 0.1) is 17.3 Å². The number of nitrogens with two attached hydrogens (primary N) is 1. The Morgan fingerprint density at radius 1 is 1.43 bits per heavy atom. The van der Waals surface area contributed by atoms with Crippen LogP contribution in [-0.4, -0.2) is 54.2 Å². The van der Waals surface area contributed by atoms with E-state index in [0.717, 1.165) is 6.07 Å². The molecule has 0 aromatic heterocycles. The minimum absolute atomic E-state index is 0.0310. The van der Waals surface area contributed by atoms with Gasteiger partial charge in [0, 0.05) is 31.9 Å². The van der Waals surface area contributed by atoms with Crippen LogP contribution in [0, 0.1) is 5.82 Å². The van der Waals surface area contributed by atoms with Gasteiger partial charge < -0.3 is 26.0 Å². The molecule has 1 aromatic rings. The maximum Gasteiger partial charge on any atom is 0.337 e. The van der Waals surface area contributed by atoms with Crippen LogP contribution in [0.1, 0.15) is 10.4 Å². The van der Waals surface area contributed by atoms with Crippen LogP contribution in [0.2, 0.25) is 0 Å². The summed E-state index contributed by atoms with van der Waals surface area (Å²) in [5.41, 5.74) is 5.52. The topological polar surface area (TPSA) is 98.9 Å². The summed E-state index contributed by atoms with van der Waals surface area (Å²) in [6.07, 6.45) is 0. The first-order valence-electron chi connectivity index (χ1n) is 6.59. The molecule has 1 aromatic carbocycles. The third-order valence-electron chi connectivity index (χ3n) is 3.92. The lowest BCUT2D eigenvalue weighted by atomic mass is 10.1. The van der Waals surface area contributed by atoms with E-state index < -0.39 is 11.8 Å². The first-order valence-corrected chi connectivity index (χ1v) is 6.59. The predicted octanol–water partition coefficient (Wildman–Crippen LogP) is 0.320. The summed E-state index contributed by atoms with van der Waals surface area (Å²) in [6, 6.07) is 2.15. The number of carbonyl (C=O) groups is 2. The molecule has 2 aliphatic heterocycles. The van der Waals surface area contributed by atoms with Gasteiger partial charge in [0.15, 0.2) is 0 Å². The molecule has 8 heteroatoms. The molecule has 2 amide bonds. The van der Waals surface area contributed by atoms with Crippen LogP contribution in [0.4, 0.5) is 20.6 Å². The Labute approximate surface area is 120 Å². The number of urea groups is 1. The quantitative estimate of drug-likeness (QED) is 0.682. The van der Waals surface area contributed by atoms with Gasteiger partial charge in [-0.3, -0.25) is 0 Å². The Morgan fingerprint density at radius 3 is 2.90 bits per heavy atom. The van der Waals surface area contributed by atoms with Crippen molar-refractivity contribution < 1.29 is 19.1 Å². The summed E-state index contributed by atoms with van der Waals surface area (Å²) in [7, 11) is 0. The molecule has 0 spiro atoms. The van der Waals surface area contributed by atoms with Crippen molar-refractivity contribution in [1.29, 1.82) is 0 Å². The Morgan fingerprint density at radius 2 is 2.19 bits per heavy atom. The van der Waals surface area contributed by atoms with Crippen LogP contribution in [0.25, 0.3) is 0 Å². The fourth-order valence-electron chi connectivity index (χ4n) is 2.83. The Kier molecular flexibility index (Phi) is 3.08. The zero-order valence-electron chi connectivity index (χ0n) is 11.2. The minimum atomic E-state index is -1.19. The van der Waals surface area contributed by atoms with Gasteiger partial charge in [0.25, 0.3) is 0 Å². The normalized spacial score (nSPS) is 21.2. The Hall–Kier alpha value is -2.51. The number of rotatable bonds is 2. The van der Waals surface area contributed by atoms with Crippen LogP contribution >= 0.6 is 0 Å². The molecule has 1 unspecified atom stereocenters. The van der Waals surface area contributed by atoms with Crippen molar-refractivity contribution in [1.82, 2.24) is 10.2 Å². The highest BCUT2D eigenvalue weighted by Crippen LogP contribution is 2.28. The number of fused-ring (bicyclic) bond motifs is 1. The van der Waals surface area contributed by atoms with Crippen molar-refractivity contribution in [2.24, 2.45) is 0 Å². The van der Waals surface area contributed by atoms with Crippen LogP contribution in [-0.2, 0) is 0 Å². The number of amides is 2. The smallest absolute Gasteiger partial charge is 0.337 e. The number of piperazine rings is 1. The van der Waals surface area contributed by atoms with Crippen LogP contribution in [0.15, 0.2) is 12.1 Å². The highest BCUT2D eigenvalue weighted by molar-refractivity contribution is 5.95. The second kappa shape index (κ2) is 4.80. The standard InChI is InChI=1S/C13H15FN4O3/c14-9-4-10(15)8(12(19)20)3-11(9)17-1-2-18-7(6-17)5-16-13(18)21/h3-4,7H,1-2,5-6,15H2,(H,16,21)(H,19,20). The molecule has 7 nitrogen and oxygen atoms in total. The molecule has 4 N–H and O–H groups in total. The van der Waals surface area contributed by atoms with E-state index >= 15 is 0 Å². The molecule has 0 radical (unpaired) electrons. The molecule has 2 aliphatic rings. The molecular weight excluding hydrogens is 279 g/mol. The summed E-state index contributed by atoms with van der Waals surface area (Å²) < 4.78 is 14.1. The monoisotopic (exact) mass is 294 g/mol. The highest BCUT2D eigenvalue weighted by atomic mass is 19.1. The minimum Gasteiger partial charge on any atom is -0.478 e. The van der Waals surface area contributed by atoms with E-state index in [-0.39, 0.29) is 29.0 Å². The van der Waals surface area contributed by atoms with Crippen molar-refractivity contribution in [3.8, 4) is 0 Å². The first kappa shape index (κ1) is 13.5. The van der Waals surface area contributed by atoms with E-state index in [0.29, 0.717) is 26.2 Å². The molecule has 2 fully saturated rings. The zero-order chi connectivity index (χ0) is 15.1. The third kappa shape index (κ3) is 2.22. The van der Waals surface area contributed by atoms with Gasteiger partial charge in [-0.1, -0.05) is 0 Å². The number of benzene rings is 1. The van der Waals surface area contributed by atoms with E-state index in [1.807, 2.05) is 0 Å². The van der Waals surface area contributed by atoms with Crippen LogP contribution in [0.5, 0.6) is 0 Å². The van der Waals surface area contributed by atoms with Crippen molar-refractivity contribution in [3.63, 3.8) is 0 Å². The second-order valence-electron chi connectivity index (χ2n) is 5.18. The fraction of sp³-hybridized carbons (Fsp3) is 0.385. The average molecular weight is 294 g/mol. The molecule has 2 saturated heterocycles. The second-order valence-corrected chi connectivity index (χ2v) is 5.18. The number of nitrogens with zero attached hydrogens (tertiary/aromatic N) is 2. The SMILES string of the molecule is Nc1cc(F)c(N2CCN3C(=O)NCC3C2)cc1C(=O)O. The lowest BCUT2D eigenvalue weighted by Crippen LogP contribution is -2.52. The van der Waals surface area contributed by atoms with E-state index in [2.05, 4.69) is 5.32 Å². The van der Waals surface area contributed by atoms with Crippen molar-refractivity contribution >= 4 is 23.4 Å². The number of nitrogen functional groups attached to an aromatic ring is 1. The Bertz CT molecular complexity index is 622. The van der Waals surface area contributed by atoms with Gasteiger partial charge in [-0.2, -0.15) is 0 Å². The van der Waals surface area contributed by atoms with Gasteiger partial charge in [-0.05, 0) is 12.1 Å². The van der Waals surface area contributed by atoms with Crippen LogP contribution < -0.4 is 16.0 Å². The predicted molar refractivity (Wildman–Crippen MR) is 73.9 cm³/mol. The van der Waals surface area contributed by atoms with E-state index in [9.17, 15) is 14.0 Å². The van der Waals surface area contributed by atoms with E-state index in [1.54, 1.807) is 9.80 Å². The summed E-state index contributed by atoms with van der Waals surface area (Å²) in [6.45, 7) is 1.89. The molecule has 0 saturated carbocycles. The van der Waals surface area contributed by atoms with E-state index in [4.69, 9.17) is 10.8 Å². The number of hydrogen-bond donors (Lipinski definition) is 3. The lowest BCUT2D eigenvalue weighted by molar-refractivity contribution is 0.0698. The van der Waals surface area contributed by atoms with Gasteiger partial charge >= 0.3 is 12.0 Å². The summed E-state index contributed by atoms with van der Waals surface area (Å²) in [5.74, 6) is -1.74. The van der Waals surface area contributed by atoms with Crippen molar-refractivity contribution in [3.05, 3.63) is 23.5 Å². The molecule has 1 atom stereocenters. The summed E-state index contributed by atoms with van der Waals surface area (Å²) >= 11 is 0. The van der Waals surface area contributed by atoms with Gasteiger partial charge in [-0.15, -0.1) is 0 Å². The molecule has 0 bridgehead atoms. The first-order chi connectivity index (χ1) is 9.97. The number of carboxylic acid groups (broad SMARTS) is 1. The maximum absolute atomic E-state index is 14.1. The van der Waals surface area contributed by atoms with Crippen LogP contribution in [0.3, 0.4) is 0 Å². The van der Waals surface area contributed by atoms with Crippen molar-refractivity contribution in [2.45, 2.75) is 6.04 Å². The number of hydrogen-bond acceptors (Lipinski definition) is 4. The summed E-state index contributed by atoms with van der Waals surface area (Å²) in [4.78, 5) is 26.1.